The van der Waals surface area contributed by atoms with Crippen molar-refractivity contribution >= 4 is 11.7 Å². The third-order valence-corrected chi connectivity index (χ3v) is 1.54. The van der Waals surface area contributed by atoms with Gasteiger partial charge in [0.1, 0.15) is 5.78 Å². The minimum absolute atomic E-state index is 0.0140. The van der Waals surface area contributed by atoms with Gasteiger partial charge in [-0.3, -0.25) is 4.79 Å². The number of nitrogens with one attached hydrogen (secondary N) is 1. The van der Waals surface area contributed by atoms with E-state index >= 15 is 0 Å². The summed E-state index contributed by atoms with van der Waals surface area (Å²) in [5.41, 5.74) is 10.2. The van der Waals surface area contributed by atoms with Gasteiger partial charge in [0.15, 0.2) is 5.96 Å². The van der Waals surface area contributed by atoms with Crippen LogP contribution < -0.4 is 16.8 Å². The number of nitrogens with zero attached hydrogens (tertiary/aromatic N) is 1. The molecule has 0 aromatic carbocycles. The first-order chi connectivity index (χ1) is 6.07. The fraction of sp³-hybridized carbons (Fsp3) is 0.500. The van der Waals surface area contributed by atoms with Gasteiger partial charge < -0.3 is 16.8 Å². The van der Waals surface area contributed by atoms with Gasteiger partial charge in [-0.15, -0.1) is 0 Å². The highest BCUT2D eigenvalue weighted by Crippen LogP contribution is 1.94. The van der Waals surface area contributed by atoms with E-state index in [1.165, 1.54) is 13.1 Å². The van der Waals surface area contributed by atoms with Crippen LogP contribution in [0, 0.1) is 0 Å². The highest BCUT2D eigenvalue weighted by molar-refractivity contribution is 5.81. The number of hydrogen-bond acceptors (Lipinski definition) is 3. The molecule has 0 radical (unpaired) electrons. The topological polar surface area (TPSA) is 93.5 Å². The van der Waals surface area contributed by atoms with Crippen molar-refractivity contribution in [2.45, 2.75) is 19.4 Å². The number of carbonyl (C=O) groups is 1. The van der Waals surface area contributed by atoms with Crippen LogP contribution in [0.4, 0.5) is 0 Å². The normalized spacial score (nSPS) is 12.8. The Bertz CT molecular complexity index is 218. The molecule has 0 saturated heterocycles. The largest absolute Gasteiger partial charge is 0.370 e. The van der Waals surface area contributed by atoms with E-state index in [1.54, 1.807) is 13.1 Å². The van der Waals surface area contributed by atoms with Crippen LogP contribution >= 0.6 is 0 Å². The minimum Gasteiger partial charge on any atom is -0.370 e. The summed E-state index contributed by atoms with van der Waals surface area (Å²) < 4.78 is 0. The first-order valence-corrected chi connectivity index (χ1v) is 3.99. The number of aliphatic imine (C=N–C) groups is 1. The maximum Gasteiger partial charge on any atom is 0.190 e. The second-order valence-electron chi connectivity index (χ2n) is 2.63. The number of hydrogen-bond donors (Lipinski definition) is 3. The lowest BCUT2D eigenvalue weighted by molar-refractivity contribution is -0.118. The van der Waals surface area contributed by atoms with E-state index in [-0.39, 0.29) is 17.8 Å². The molecule has 0 aliphatic carbocycles. The van der Waals surface area contributed by atoms with Gasteiger partial charge in [0.05, 0.1) is 6.04 Å². The molecule has 0 aliphatic heterocycles. The van der Waals surface area contributed by atoms with Gasteiger partial charge in [-0.25, -0.2) is 4.99 Å². The smallest absolute Gasteiger partial charge is 0.190 e. The molecule has 1 atom stereocenters. The molecule has 0 aliphatic rings. The fourth-order valence-electron chi connectivity index (χ4n) is 0.823. The van der Waals surface area contributed by atoms with Crippen molar-refractivity contribution in [3.8, 4) is 0 Å². The number of ketones is 1. The number of likely N-dealkylation sites (N-methyl/N-ethyl adjacent to an activating group) is 1. The fourth-order valence-corrected chi connectivity index (χ4v) is 0.823. The monoisotopic (exact) mass is 184 g/mol. The zero-order valence-corrected chi connectivity index (χ0v) is 7.95. The summed E-state index contributed by atoms with van der Waals surface area (Å²) in [7, 11) is 1.74. The minimum atomic E-state index is -0.162. The number of carbonyl (C=O) groups excluding carboxylic acids is 1. The van der Waals surface area contributed by atoms with Crippen molar-refractivity contribution in [2.75, 3.05) is 7.05 Å². The highest BCUT2D eigenvalue weighted by atomic mass is 16.1. The quantitative estimate of drug-likeness (QED) is 0.390. The van der Waals surface area contributed by atoms with Gasteiger partial charge in [0, 0.05) is 6.20 Å². The van der Waals surface area contributed by atoms with Crippen molar-refractivity contribution in [1.29, 1.82) is 0 Å². The summed E-state index contributed by atoms with van der Waals surface area (Å²) in [5.74, 6) is 0.108. The Kier molecular flexibility index (Phi) is 5.54. The molecule has 0 spiro atoms. The van der Waals surface area contributed by atoms with Gasteiger partial charge in [-0.2, -0.15) is 0 Å². The molecule has 0 aromatic heterocycles. The average Bonchev–Trinajstić information content (AvgIpc) is 2.03. The summed E-state index contributed by atoms with van der Waals surface area (Å²) in [4.78, 5) is 14.6. The maximum atomic E-state index is 10.9. The molecule has 0 saturated carbocycles. The van der Waals surface area contributed by atoms with E-state index < -0.39 is 0 Å². The Morgan fingerprint density at radius 3 is 2.62 bits per heavy atom. The Hall–Kier alpha value is -1.36. The van der Waals surface area contributed by atoms with Crippen LogP contribution in [0.2, 0.25) is 0 Å². The van der Waals surface area contributed by atoms with E-state index in [0.29, 0.717) is 6.42 Å². The molecule has 74 valence electrons. The van der Waals surface area contributed by atoms with Gasteiger partial charge in [-0.1, -0.05) is 6.08 Å². The van der Waals surface area contributed by atoms with Crippen molar-refractivity contribution in [3.63, 3.8) is 0 Å². The number of guanidine groups is 1. The second-order valence-corrected chi connectivity index (χ2v) is 2.63. The maximum absolute atomic E-state index is 10.9. The SMILES string of the molecule is CN[C@@H](C/C=C/N=C(N)N)C(C)=O. The summed E-state index contributed by atoms with van der Waals surface area (Å²) in [6.45, 7) is 1.54. The number of Topliss-reactive ketones (excluding diaryl/α,β-unsaturated/α-hetero) is 1. The van der Waals surface area contributed by atoms with Crippen LogP contribution in [-0.2, 0) is 4.79 Å². The Morgan fingerprint density at radius 2 is 2.23 bits per heavy atom. The molecule has 0 unspecified atom stereocenters. The van der Waals surface area contributed by atoms with Gasteiger partial charge in [-0.05, 0) is 20.4 Å². The number of rotatable bonds is 5. The first-order valence-electron chi connectivity index (χ1n) is 3.99. The second kappa shape index (κ2) is 6.19. The molecule has 0 rings (SSSR count). The molecule has 0 fully saturated rings. The average molecular weight is 184 g/mol. The Labute approximate surface area is 77.9 Å². The molecule has 13 heavy (non-hydrogen) atoms. The van der Waals surface area contributed by atoms with Crippen LogP contribution in [0.5, 0.6) is 0 Å². The van der Waals surface area contributed by atoms with Gasteiger partial charge in [0.25, 0.3) is 0 Å². The summed E-state index contributed by atoms with van der Waals surface area (Å²) in [6.07, 6.45) is 3.81. The van der Waals surface area contributed by atoms with Crippen LogP contribution in [0.3, 0.4) is 0 Å². The van der Waals surface area contributed by atoms with E-state index in [4.69, 9.17) is 11.5 Å². The van der Waals surface area contributed by atoms with E-state index in [2.05, 4.69) is 10.3 Å². The molecule has 0 amide bonds. The molecule has 5 heteroatoms. The summed E-state index contributed by atoms with van der Waals surface area (Å²) >= 11 is 0. The summed E-state index contributed by atoms with van der Waals surface area (Å²) in [5, 5.41) is 2.88. The van der Waals surface area contributed by atoms with E-state index in [1.807, 2.05) is 0 Å². The molecule has 5 N–H and O–H groups in total. The van der Waals surface area contributed by atoms with Crippen LogP contribution in [0.1, 0.15) is 13.3 Å². The Balaban J connectivity index is 3.92. The highest BCUT2D eigenvalue weighted by Gasteiger charge is 2.07. The van der Waals surface area contributed by atoms with Crippen molar-refractivity contribution in [1.82, 2.24) is 5.32 Å². The van der Waals surface area contributed by atoms with Gasteiger partial charge >= 0.3 is 0 Å². The van der Waals surface area contributed by atoms with E-state index in [0.717, 1.165) is 0 Å². The first kappa shape index (κ1) is 11.6. The predicted molar refractivity (Wildman–Crippen MR) is 53.1 cm³/mol. The van der Waals surface area contributed by atoms with Crippen molar-refractivity contribution in [2.24, 2.45) is 16.5 Å². The number of nitrogens with two attached hydrogens (primary N) is 2. The lowest BCUT2D eigenvalue weighted by atomic mass is 10.1. The summed E-state index contributed by atoms with van der Waals surface area (Å²) in [6, 6.07) is -0.162. The molecule has 0 heterocycles. The van der Waals surface area contributed by atoms with Crippen molar-refractivity contribution < 1.29 is 4.79 Å². The molecule has 5 nitrogen and oxygen atoms in total. The van der Waals surface area contributed by atoms with E-state index in [9.17, 15) is 4.79 Å². The predicted octanol–water partition coefficient (Wildman–Crippen LogP) is -0.659. The van der Waals surface area contributed by atoms with Gasteiger partial charge in [0.2, 0.25) is 0 Å². The standard InChI is InChI=1S/C8H16N4O/c1-6(13)7(11-2)4-3-5-12-8(9)10/h3,5,7,11H,4H2,1-2H3,(H4,9,10,12)/b5-3+/t7-/m0/s1. The van der Waals surface area contributed by atoms with Crippen LogP contribution in [0.25, 0.3) is 0 Å². The zero-order valence-electron chi connectivity index (χ0n) is 7.95. The van der Waals surface area contributed by atoms with Crippen LogP contribution in [-0.4, -0.2) is 24.8 Å². The van der Waals surface area contributed by atoms with Crippen molar-refractivity contribution in [3.05, 3.63) is 12.3 Å². The zero-order chi connectivity index (χ0) is 10.3. The lowest BCUT2D eigenvalue weighted by Crippen LogP contribution is -2.31. The third-order valence-electron chi connectivity index (χ3n) is 1.54. The molecular formula is C8H16N4O. The third kappa shape index (κ3) is 5.86. The molecular weight excluding hydrogens is 168 g/mol. The molecule has 0 aromatic rings. The molecule has 0 bridgehead atoms. The Morgan fingerprint density at radius 1 is 1.62 bits per heavy atom. The van der Waals surface area contributed by atoms with Crippen LogP contribution in [0.15, 0.2) is 17.3 Å². The lowest BCUT2D eigenvalue weighted by Gasteiger charge is -2.08.